The molecule has 1 amide bonds. The van der Waals surface area contributed by atoms with Gasteiger partial charge in [0.15, 0.2) is 5.96 Å². The molecule has 0 bridgehead atoms. The molecule has 0 spiro atoms. The number of likely N-dealkylation sites (N-methyl/N-ethyl adjacent to an activating group) is 1. The van der Waals surface area contributed by atoms with Gasteiger partial charge in [0, 0.05) is 46.3 Å². The molecule has 0 aliphatic carbocycles. The molecule has 1 rings (SSSR count). The first kappa shape index (κ1) is 21.5. The van der Waals surface area contributed by atoms with Crippen LogP contribution in [0.15, 0.2) is 4.99 Å². The van der Waals surface area contributed by atoms with E-state index in [4.69, 9.17) is 0 Å². The van der Waals surface area contributed by atoms with E-state index < -0.39 is 12.2 Å². The minimum Gasteiger partial charge on any atom is -0.354 e. The molecule has 0 radical (unpaired) electrons. The number of hydrogen-bond donors (Lipinski definition) is 1. The van der Waals surface area contributed by atoms with Crippen molar-refractivity contribution in [3.63, 3.8) is 0 Å². The van der Waals surface area contributed by atoms with Crippen molar-refractivity contribution in [3.05, 3.63) is 0 Å². The molecule has 2 atom stereocenters. The van der Waals surface area contributed by atoms with Crippen molar-refractivity contribution < 1.29 is 18.0 Å². The minimum atomic E-state index is -4.22. The zero-order chi connectivity index (χ0) is 19.2. The van der Waals surface area contributed by atoms with Crippen LogP contribution in [-0.4, -0.2) is 91.6 Å². The Balaban J connectivity index is 2.74. The van der Waals surface area contributed by atoms with Crippen LogP contribution in [0.25, 0.3) is 0 Å². The Morgan fingerprint density at radius 3 is 2.20 bits per heavy atom. The summed E-state index contributed by atoms with van der Waals surface area (Å²) in [5.41, 5.74) is 0. The molecule has 9 heteroatoms. The first-order valence-electron chi connectivity index (χ1n) is 8.63. The van der Waals surface area contributed by atoms with Crippen molar-refractivity contribution >= 4 is 11.9 Å². The second-order valence-electron chi connectivity index (χ2n) is 6.62. The zero-order valence-corrected chi connectivity index (χ0v) is 15.7. The van der Waals surface area contributed by atoms with E-state index in [1.54, 1.807) is 14.1 Å². The van der Waals surface area contributed by atoms with Gasteiger partial charge in [-0.25, -0.2) is 4.99 Å². The molecule has 1 aliphatic rings. The molecule has 0 aromatic heterocycles. The summed E-state index contributed by atoms with van der Waals surface area (Å²) in [7, 11) is 3.33. The topological polar surface area (TPSA) is 51.2 Å². The lowest BCUT2D eigenvalue weighted by Crippen LogP contribution is -2.57. The average molecular weight is 365 g/mol. The standard InChI is InChI=1S/C16H30F3N5O/c1-6-12(2)21-15(20-11-14(25)22(4)5)24-9-7-23(8-10-24)13(3)16(17,18)19/h12-13H,6-11H2,1-5H3,(H,20,21). The number of alkyl halides is 3. The van der Waals surface area contributed by atoms with Crippen LogP contribution >= 0.6 is 0 Å². The van der Waals surface area contributed by atoms with Gasteiger partial charge in [0.05, 0.1) is 0 Å². The second-order valence-corrected chi connectivity index (χ2v) is 6.62. The lowest BCUT2D eigenvalue weighted by Gasteiger charge is -2.40. The fourth-order valence-electron chi connectivity index (χ4n) is 2.37. The van der Waals surface area contributed by atoms with Gasteiger partial charge >= 0.3 is 6.18 Å². The quantitative estimate of drug-likeness (QED) is 0.591. The monoisotopic (exact) mass is 365 g/mol. The highest BCUT2D eigenvalue weighted by Gasteiger charge is 2.41. The molecule has 1 saturated heterocycles. The molecule has 6 nitrogen and oxygen atoms in total. The molecule has 2 unspecified atom stereocenters. The molecule has 1 heterocycles. The third-order valence-corrected chi connectivity index (χ3v) is 4.49. The van der Waals surface area contributed by atoms with Crippen LogP contribution in [0.2, 0.25) is 0 Å². The summed E-state index contributed by atoms with van der Waals surface area (Å²) in [6, 6.07) is -1.28. The molecule has 1 fully saturated rings. The Labute approximate surface area is 148 Å². The maximum atomic E-state index is 12.9. The Bertz CT molecular complexity index is 459. The Kier molecular flexibility index (Phi) is 7.98. The summed E-state index contributed by atoms with van der Waals surface area (Å²) in [6.45, 7) is 6.75. The van der Waals surface area contributed by atoms with E-state index in [2.05, 4.69) is 10.3 Å². The van der Waals surface area contributed by atoms with Crippen LogP contribution in [0.5, 0.6) is 0 Å². The molecule has 1 N–H and O–H groups in total. The van der Waals surface area contributed by atoms with E-state index in [1.165, 1.54) is 16.7 Å². The normalized spacial score (nSPS) is 19.5. The van der Waals surface area contributed by atoms with Crippen molar-refractivity contribution in [1.82, 2.24) is 20.0 Å². The second kappa shape index (κ2) is 9.26. The number of carbonyl (C=O) groups excluding carboxylic acids is 1. The van der Waals surface area contributed by atoms with Gasteiger partial charge < -0.3 is 15.1 Å². The number of nitrogens with one attached hydrogen (secondary N) is 1. The molecule has 25 heavy (non-hydrogen) atoms. The summed E-state index contributed by atoms with van der Waals surface area (Å²) >= 11 is 0. The number of aliphatic imine (C=N–C) groups is 1. The Morgan fingerprint density at radius 2 is 1.76 bits per heavy atom. The number of halogens is 3. The van der Waals surface area contributed by atoms with Crippen molar-refractivity contribution in [2.75, 3.05) is 46.8 Å². The molecular weight excluding hydrogens is 335 g/mol. The van der Waals surface area contributed by atoms with Gasteiger partial charge in [0.2, 0.25) is 5.91 Å². The number of piperazine rings is 1. The van der Waals surface area contributed by atoms with Crippen LogP contribution in [0.1, 0.15) is 27.2 Å². The summed E-state index contributed by atoms with van der Waals surface area (Å²) in [4.78, 5) is 21.0. The maximum Gasteiger partial charge on any atom is 0.403 e. The summed E-state index contributed by atoms with van der Waals surface area (Å²) in [6.07, 6.45) is -3.34. The Hall–Kier alpha value is -1.51. The third kappa shape index (κ3) is 6.72. The molecular formula is C16H30F3N5O. The van der Waals surface area contributed by atoms with Gasteiger partial charge in [-0.05, 0) is 20.3 Å². The highest BCUT2D eigenvalue weighted by atomic mass is 19.4. The van der Waals surface area contributed by atoms with Crippen LogP contribution in [0, 0.1) is 0 Å². The average Bonchev–Trinajstić information content (AvgIpc) is 2.56. The highest BCUT2D eigenvalue weighted by molar-refractivity contribution is 5.85. The predicted molar refractivity (Wildman–Crippen MR) is 92.5 cm³/mol. The van der Waals surface area contributed by atoms with Crippen molar-refractivity contribution in [3.8, 4) is 0 Å². The minimum absolute atomic E-state index is 0.0188. The van der Waals surface area contributed by atoms with E-state index in [-0.39, 0.29) is 18.5 Å². The first-order chi connectivity index (χ1) is 11.6. The zero-order valence-electron chi connectivity index (χ0n) is 15.7. The summed E-state index contributed by atoms with van der Waals surface area (Å²) in [5.74, 6) is 0.469. The number of carbonyl (C=O) groups is 1. The third-order valence-electron chi connectivity index (χ3n) is 4.49. The number of amides is 1. The number of guanidine groups is 1. The van der Waals surface area contributed by atoms with E-state index in [9.17, 15) is 18.0 Å². The van der Waals surface area contributed by atoms with Gasteiger partial charge in [-0.1, -0.05) is 6.92 Å². The summed E-state index contributed by atoms with van der Waals surface area (Å²) < 4.78 is 38.6. The predicted octanol–water partition coefficient (Wildman–Crippen LogP) is 1.39. The van der Waals surface area contributed by atoms with Crippen LogP contribution in [0.3, 0.4) is 0 Å². The summed E-state index contributed by atoms with van der Waals surface area (Å²) in [5, 5.41) is 3.27. The first-order valence-corrected chi connectivity index (χ1v) is 8.63. The maximum absolute atomic E-state index is 12.9. The van der Waals surface area contributed by atoms with Crippen molar-refractivity contribution in [2.24, 2.45) is 4.99 Å². The Morgan fingerprint density at radius 1 is 1.20 bits per heavy atom. The van der Waals surface area contributed by atoms with Crippen LogP contribution < -0.4 is 5.32 Å². The lowest BCUT2D eigenvalue weighted by molar-refractivity contribution is -0.181. The van der Waals surface area contributed by atoms with Gasteiger partial charge in [-0.3, -0.25) is 9.69 Å². The largest absolute Gasteiger partial charge is 0.403 e. The SMILES string of the molecule is CCC(C)NC(=NCC(=O)N(C)C)N1CCN(C(C)C(F)(F)F)CC1. The molecule has 0 aromatic carbocycles. The van der Waals surface area contributed by atoms with Crippen molar-refractivity contribution in [1.29, 1.82) is 0 Å². The van der Waals surface area contributed by atoms with Gasteiger partial charge in [-0.15, -0.1) is 0 Å². The molecule has 0 saturated carbocycles. The smallest absolute Gasteiger partial charge is 0.354 e. The van der Waals surface area contributed by atoms with E-state index in [1.807, 2.05) is 18.7 Å². The van der Waals surface area contributed by atoms with E-state index >= 15 is 0 Å². The van der Waals surface area contributed by atoms with Crippen LogP contribution in [-0.2, 0) is 4.79 Å². The highest BCUT2D eigenvalue weighted by Crippen LogP contribution is 2.25. The van der Waals surface area contributed by atoms with E-state index in [0.29, 0.717) is 32.1 Å². The molecule has 1 aliphatic heterocycles. The molecule has 0 aromatic rings. The number of nitrogens with zero attached hydrogens (tertiary/aromatic N) is 4. The van der Waals surface area contributed by atoms with E-state index in [0.717, 1.165) is 6.42 Å². The van der Waals surface area contributed by atoms with Crippen molar-refractivity contribution in [2.45, 2.75) is 45.5 Å². The number of rotatable bonds is 5. The fourth-order valence-corrected chi connectivity index (χ4v) is 2.37. The van der Waals surface area contributed by atoms with Gasteiger partial charge in [0.1, 0.15) is 12.6 Å². The lowest BCUT2D eigenvalue weighted by atomic mass is 10.2. The van der Waals surface area contributed by atoms with Gasteiger partial charge in [0.25, 0.3) is 0 Å². The van der Waals surface area contributed by atoms with Gasteiger partial charge in [-0.2, -0.15) is 13.2 Å². The fraction of sp³-hybridized carbons (Fsp3) is 0.875. The van der Waals surface area contributed by atoms with Crippen LogP contribution in [0.4, 0.5) is 13.2 Å². The number of hydrogen-bond acceptors (Lipinski definition) is 3. The molecule has 146 valence electrons.